The minimum absolute atomic E-state index is 0.117. The maximum Gasteiger partial charge on any atom is 0.400 e. The Bertz CT molecular complexity index is 165. The molecule has 92 valence electrons. The molecule has 0 saturated heterocycles. The minimum Gasteiger partial charge on any atom is -0.251 e. The van der Waals surface area contributed by atoms with E-state index in [0.29, 0.717) is 0 Å². The van der Waals surface area contributed by atoms with Gasteiger partial charge in [-0.25, -0.2) is 13.2 Å². The third-order valence-electron chi connectivity index (χ3n) is 1.90. The van der Waals surface area contributed by atoms with Crippen LogP contribution in [0, 0.1) is 5.92 Å². The van der Waals surface area contributed by atoms with Crippen molar-refractivity contribution in [1.82, 2.24) is 0 Å². The maximum atomic E-state index is 12.8. The van der Waals surface area contributed by atoms with E-state index in [1.54, 1.807) is 0 Å². The molecule has 0 heterocycles. The van der Waals surface area contributed by atoms with Crippen LogP contribution in [-0.2, 0) is 0 Å². The average Bonchev–Trinajstić information content (AvgIpc) is 2.00. The van der Waals surface area contributed by atoms with Gasteiger partial charge in [-0.15, -0.1) is 0 Å². The van der Waals surface area contributed by atoms with Crippen LogP contribution in [0.25, 0.3) is 0 Å². The van der Waals surface area contributed by atoms with E-state index in [4.69, 9.17) is 0 Å². The molecule has 0 aliphatic carbocycles. The summed E-state index contributed by atoms with van der Waals surface area (Å²) >= 11 is 0. The minimum atomic E-state index is -5.26. The molecule has 0 amide bonds. The van der Waals surface area contributed by atoms with Crippen molar-refractivity contribution in [2.75, 3.05) is 6.67 Å². The molecule has 0 aromatic rings. The quantitative estimate of drug-likeness (QED) is 0.487. The highest BCUT2D eigenvalue weighted by Crippen LogP contribution is 2.36. The van der Waals surface area contributed by atoms with Gasteiger partial charge < -0.3 is 0 Å². The summed E-state index contributed by atoms with van der Waals surface area (Å²) in [4.78, 5) is 0. The van der Waals surface area contributed by atoms with Crippen molar-refractivity contribution < 1.29 is 30.7 Å². The lowest BCUT2D eigenvalue weighted by Gasteiger charge is -2.22. The van der Waals surface area contributed by atoms with E-state index in [1.807, 2.05) is 0 Å². The Morgan fingerprint density at radius 1 is 0.933 bits per heavy atom. The van der Waals surface area contributed by atoms with Crippen molar-refractivity contribution in [2.24, 2.45) is 5.92 Å². The van der Waals surface area contributed by atoms with Crippen molar-refractivity contribution in [2.45, 2.75) is 38.0 Å². The Kier molecular flexibility index (Phi) is 5.97. The van der Waals surface area contributed by atoms with Gasteiger partial charge in [-0.1, -0.05) is 0 Å². The van der Waals surface area contributed by atoms with Crippen molar-refractivity contribution >= 4 is 0 Å². The fraction of sp³-hybridized carbons (Fsp3) is 1.00. The highest BCUT2D eigenvalue weighted by atomic mass is 19.4. The Hall–Kier alpha value is -0.490. The molecule has 0 nitrogen and oxygen atoms in total. The molecule has 0 bridgehead atoms. The zero-order chi connectivity index (χ0) is 12.1. The third kappa shape index (κ3) is 5.22. The Labute approximate surface area is 82.5 Å². The van der Waals surface area contributed by atoms with Crippen LogP contribution in [0.4, 0.5) is 30.7 Å². The van der Waals surface area contributed by atoms with Crippen molar-refractivity contribution in [1.29, 1.82) is 0 Å². The molecular formula is C8H11F7. The van der Waals surface area contributed by atoms with E-state index in [0.717, 1.165) is 0 Å². The van der Waals surface area contributed by atoms with Crippen LogP contribution >= 0.6 is 0 Å². The van der Waals surface area contributed by atoms with Crippen LogP contribution in [0.2, 0.25) is 0 Å². The van der Waals surface area contributed by atoms with Crippen molar-refractivity contribution in [3.63, 3.8) is 0 Å². The van der Waals surface area contributed by atoms with Gasteiger partial charge in [0.2, 0.25) is 0 Å². The molecule has 15 heavy (non-hydrogen) atoms. The molecular weight excluding hydrogens is 229 g/mol. The van der Waals surface area contributed by atoms with E-state index < -0.39 is 37.8 Å². The summed E-state index contributed by atoms with van der Waals surface area (Å²) in [6.07, 6.45) is -12.7. The first-order chi connectivity index (χ1) is 6.80. The van der Waals surface area contributed by atoms with E-state index in [1.165, 1.54) is 0 Å². The van der Waals surface area contributed by atoms with Gasteiger partial charge in [0, 0.05) is 0 Å². The molecule has 0 rings (SSSR count). The lowest BCUT2D eigenvalue weighted by molar-refractivity contribution is -0.224. The number of alkyl halides is 7. The van der Waals surface area contributed by atoms with Gasteiger partial charge in [0.05, 0.1) is 6.67 Å². The number of hydrogen-bond donors (Lipinski definition) is 0. The average molecular weight is 240 g/mol. The third-order valence-corrected chi connectivity index (χ3v) is 1.90. The lowest BCUT2D eigenvalue weighted by atomic mass is 9.99. The molecule has 0 saturated carbocycles. The summed E-state index contributed by atoms with van der Waals surface area (Å²) < 4.78 is 84.0. The molecule has 0 N–H and O–H groups in total. The summed E-state index contributed by atoms with van der Waals surface area (Å²) in [5.74, 6) is -3.27. The van der Waals surface area contributed by atoms with Gasteiger partial charge >= 0.3 is 6.18 Å². The van der Waals surface area contributed by atoms with Gasteiger partial charge in [-0.2, -0.15) is 13.2 Å². The number of unbranched alkanes of at least 4 members (excludes halogenated alkanes) is 1. The van der Waals surface area contributed by atoms with Gasteiger partial charge in [-0.05, 0) is 19.3 Å². The number of halogens is 7. The summed E-state index contributed by atoms with van der Waals surface area (Å²) in [6.45, 7) is -0.794. The summed E-state index contributed by atoms with van der Waals surface area (Å²) in [5.41, 5.74) is 0. The molecule has 0 spiro atoms. The Morgan fingerprint density at radius 3 is 1.80 bits per heavy atom. The standard InChI is InChI=1S/C8H11F7/c9-4-2-1-3-5(10)6(7(11)12)8(13,14)15/h5-7H,1-4H2. The first-order valence-electron chi connectivity index (χ1n) is 4.35. The second-order valence-electron chi connectivity index (χ2n) is 3.10. The Balaban J connectivity index is 4.24. The summed E-state index contributed by atoms with van der Waals surface area (Å²) in [6, 6.07) is 0. The second kappa shape index (κ2) is 6.17. The molecule has 2 atom stereocenters. The van der Waals surface area contributed by atoms with Crippen LogP contribution in [0.1, 0.15) is 19.3 Å². The van der Waals surface area contributed by atoms with Gasteiger partial charge in [-0.3, -0.25) is 4.39 Å². The van der Waals surface area contributed by atoms with Gasteiger partial charge in [0.15, 0.2) is 0 Å². The van der Waals surface area contributed by atoms with Crippen molar-refractivity contribution in [3.05, 3.63) is 0 Å². The first-order valence-corrected chi connectivity index (χ1v) is 4.35. The van der Waals surface area contributed by atoms with Gasteiger partial charge in [0.25, 0.3) is 6.43 Å². The summed E-state index contributed by atoms with van der Waals surface area (Å²) in [7, 11) is 0. The zero-order valence-corrected chi connectivity index (χ0v) is 7.71. The second-order valence-corrected chi connectivity index (χ2v) is 3.10. The largest absolute Gasteiger partial charge is 0.400 e. The Morgan fingerprint density at radius 2 is 1.47 bits per heavy atom. The van der Waals surface area contributed by atoms with Crippen LogP contribution in [0.5, 0.6) is 0 Å². The van der Waals surface area contributed by atoms with E-state index >= 15 is 0 Å². The lowest BCUT2D eigenvalue weighted by Crippen LogP contribution is -2.37. The summed E-state index contributed by atoms with van der Waals surface area (Å²) in [5, 5.41) is 0. The molecule has 7 heteroatoms. The molecule has 0 aliphatic heterocycles. The number of rotatable bonds is 6. The topological polar surface area (TPSA) is 0 Å². The molecule has 0 aliphatic rings. The predicted molar refractivity (Wildman–Crippen MR) is 40.3 cm³/mol. The fourth-order valence-corrected chi connectivity index (χ4v) is 1.12. The maximum absolute atomic E-state index is 12.8. The van der Waals surface area contributed by atoms with E-state index in [2.05, 4.69) is 0 Å². The van der Waals surface area contributed by atoms with Crippen molar-refractivity contribution in [3.8, 4) is 0 Å². The predicted octanol–water partition coefficient (Wildman–Crippen LogP) is 3.91. The van der Waals surface area contributed by atoms with E-state index in [9.17, 15) is 30.7 Å². The smallest absolute Gasteiger partial charge is 0.251 e. The first kappa shape index (κ1) is 14.5. The normalized spacial score (nSPS) is 16.8. The fourth-order valence-electron chi connectivity index (χ4n) is 1.12. The molecule has 2 unspecified atom stereocenters. The number of hydrogen-bond acceptors (Lipinski definition) is 0. The molecule has 0 aromatic heterocycles. The van der Waals surface area contributed by atoms with Gasteiger partial charge in [0.1, 0.15) is 12.1 Å². The van der Waals surface area contributed by atoms with Crippen LogP contribution in [0.15, 0.2) is 0 Å². The highest BCUT2D eigenvalue weighted by Gasteiger charge is 2.50. The zero-order valence-electron chi connectivity index (χ0n) is 7.71. The molecule has 0 radical (unpaired) electrons. The van der Waals surface area contributed by atoms with E-state index in [-0.39, 0.29) is 12.8 Å². The monoisotopic (exact) mass is 240 g/mol. The highest BCUT2D eigenvalue weighted by molar-refractivity contribution is 4.78. The van der Waals surface area contributed by atoms with Crippen LogP contribution in [-0.4, -0.2) is 25.4 Å². The SMILES string of the molecule is FCCCCC(F)C(C(F)F)C(F)(F)F. The molecule has 0 fully saturated rings. The molecule has 0 aromatic carbocycles. The van der Waals surface area contributed by atoms with Crippen LogP contribution in [0.3, 0.4) is 0 Å². The van der Waals surface area contributed by atoms with Crippen LogP contribution < -0.4 is 0 Å².